The van der Waals surface area contributed by atoms with E-state index in [-0.39, 0.29) is 5.78 Å². The van der Waals surface area contributed by atoms with E-state index < -0.39 is 8.07 Å². The molecule has 114 valence electrons. The molecule has 1 aliphatic carbocycles. The third-order valence-electron chi connectivity index (χ3n) is 4.64. The highest BCUT2D eigenvalue weighted by atomic mass is 28.3. The van der Waals surface area contributed by atoms with Crippen molar-refractivity contribution in [1.82, 2.24) is 0 Å². The molecule has 3 rings (SSSR count). The van der Waals surface area contributed by atoms with Gasteiger partial charge >= 0.3 is 0 Å². The van der Waals surface area contributed by atoms with Gasteiger partial charge < -0.3 is 4.90 Å². The van der Waals surface area contributed by atoms with Gasteiger partial charge in [0.15, 0.2) is 5.78 Å². The lowest BCUT2D eigenvalue weighted by Crippen LogP contribution is -2.52. The molecule has 2 aliphatic rings. The summed E-state index contributed by atoms with van der Waals surface area (Å²) in [4.78, 5) is 18.8. The monoisotopic (exact) mass is 310 g/mol. The molecule has 0 bridgehead atoms. The van der Waals surface area contributed by atoms with Crippen molar-refractivity contribution in [1.29, 1.82) is 0 Å². The number of hydrogen-bond acceptors (Lipinski definition) is 3. The lowest BCUT2D eigenvalue weighted by molar-refractivity contribution is -0.110. The van der Waals surface area contributed by atoms with E-state index in [1.54, 1.807) is 6.08 Å². The van der Waals surface area contributed by atoms with Crippen LogP contribution >= 0.6 is 0 Å². The summed E-state index contributed by atoms with van der Waals surface area (Å²) in [7, 11) is 2.21. The predicted molar refractivity (Wildman–Crippen MR) is 96.4 cm³/mol. The fourth-order valence-electron chi connectivity index (χ4n) is 3.44. The summed E-state index contributed by atoms with van der Waals surface area (Å²) in [5.41, 5.74) is 3.28. The number of allylic oxidation sites excluding steroid dienone is 4. The second-order valence-corrected chi connectivity index (χ2v) is 10.7. The van der Waals surface area contributed by atoms with E-state index in [4.69, 9.17) is 4.99 Å². The van der Waals surface area contributed by atoms with Crippen LogP contribution in [0.4, 0.5) is 11.4 Å². The summed E-state index contributed by atoms with van der Waals surface area (Å²) in [6.45, 7) is 4.60. The van der Waals surface area contributed by atoms with Crippen LogP contribution in [0.1, 0.15) is 13.3 Å². The third kappa shape index (κ3) is 2.27. The fraction of sp³-hybridized carbons (Fsp3) is 0.333. The minimum atomic E-state index is -1.91. The number of ketones is 1. The normalized spacial score (nSPS) is 22.6. The molecular formula is C18H22N2OSi. The summed E-state index contributed by atoms with van der Waals surface area (Å²) in [6, 6.07) is 7.67. The van der Waals surface area contributed by atoms with Crippen LogP contribution in [0.15, 0.2) is 46.6 Å². The number of anilines is 1. The van der Waals surface area contributed by atoms with E-state index in [0.29, 0.717) is 0 Å². The highest BCUT2D eigenvalue weighted by molar-refractivity contribution is 7.02. The van der Waals surface area contributed by atoms with Crippen molar-refractivity contribution in [2.45, 2.75) is 25.9 Å². The van der Waals surface area contributed by atoms with Crippen LogP contribution in [0.25, 0.3) is 0 Å². The maximum Gasteiger partial charge on any atom is 0.178 e. The second-order valence-electron chi connectivity index (χ2n) is 6.47. The number of rotatable bonds is 3. The summed E-state index contributed by atoms with van der Waals surface area (Å²) in [5, 5.41) is 2.56. The molecule has 0 amide bonds. The van der Waals surface area contributed by atoms with Gasteiger partial charge in [0.25, 0.3) is 0 Å². The molecule has 0 spiro atoms. The Morgan fingerprint density at radius 2 is 2.00 bits per heavy atom. The van der Waals surface area contributed by atoms with Crippen LogP contribution < -0.4 is 10.1 Å². The van der Waals surface area contributed by atoms with E-state index in [1.165, 1.54) is 16.1 Å². The third-order valence-corrected chi connectivity index (χ3v) is 9.32. The molecule has 3 nitrogen and oxygen atoms in total. The molecule has 1 aromatic carbocycles. The maximum atomic E-state index is 11.9. The van der Waals surface area contributed by atoms with Crippen LogP contribution in [0.2, 0.25) is 12.6 Å². The first-order valence-electron chi connectivity index (χ1n) is 7.81. The Balaban J connectivity index is 2.25. The van der Waals surface area contributed by atoms with Gasteiger partial charge in [-0.05, 0) is 52.9 Å². The van der Waals surface area contributed by atoms with Crippen molar-refractivity contribution in [3.63, 3.8) is 0 Å². The zero-order valence-electron chi connectivity index (χ0n) is 13.7. The van der Waals surface area contributed by atoms with Gasteiger partial charge in [0.05, 0.1) is 11.4 Å². The topological polar surface area (TPSA) is 32.7 Å². The van der Waals surface area contributed by atoms with Crippen LogP contribution in [0.3, 0.4) is 0 Å². The second kappa shape index (κ2) is 5.36. The quantitative estimate of drug-likeness (QED) is 0.635. The predicted octanol–water partition coefficient (Wildman–Crippen LogP) is 3.14. The summed E-state index contributed by atoms with van der Waals surface area (Å²) >= 11 is 0. The molecule has 1 atom stereocenters. The molecule has 0 N–H and O–H groups in total. The standard InChI is InChI=1S/C18H22N2OSi/c1-5-10-22(4)17-11-13(20(2)3)6-8-15(17)19-16-9-7-14(21)12-18(16)22/h6-9,11-12H,5,10H2,1-4H3. The lowest BCUT2D eigenvalue weighted by atomic mass is 10.1. The number of carbonyl (C=O) groups is 1. The molecule has 1 aliphatic heterocycles. The Bertz CT molecular complexity index is 731. The van der Waals surface area contributed by atoms with Crippen LogP contribution in [-0.2, 0) is 4.79 Å². The van der Waals surface area contributed by atoms with E-state index in [0.717, 1.165) is 23.9 Å². The molecule has 4 heteroatoms. The average molecular weight is 310 g/mol. The van der Waals surface area contributed by atoms with Crippen molar-refractivity contribution in [2.24, 2.45) is 4.99 Å². The molecule has 1 heterocycles. The Morgan fingerprint density at radius 1 is 1.23 bits per heavy atom. The average Bonchev–Trinajstić information content (AvgIpc) is 2.48. The number of hydrogen-bond donors (Lipinski definition) is 0. The smallest absolute Gasteiger partial charge is 0.178 e. The van der Waals surface area contributed by atoms with Gasteiger partial charge in [0.2, 0.25) is 0 Å². The Labute approximate surface area is 133 Å². The minimum absolute atomic E-state index is 0.0935. The largest absolute Gasteiger partial charge is 0.378 e. The molecule has 0 saturated heterocycles. The first-order chi connectivity index (χ1) is 10.5. The maximum absolute atomic E-state index is 11.9. The van der Waals surface area contributed by atoms with Crippen molar-refractivity contribution in [3.05, 3.63) is 41.6 Å². The molecule has 1 unspecified atom stereocenters. The zero-order chi connectivity index (χ0) is 15.9. The van der Waals surface area contributed by atoms with Gasteiger partial charge in [0, 0.05) is 19.8 Å². The molecule has 22 heavy (non-hydrogen) atoms. The molecule has 1 aromatic rings. The van der Waals surface area contributed by atoms with Gasteiger partial charge in [-0.1, -0.05) is 19.9 Å². The van der Waals surface area contributed by atoms with Crippen molar-refractivity contribution in [3.8, 4) is 0 Å². The minimum Gasteiger partial charge on any atom is -0.378 e. The Kier molecular flexibility index (Phi) is 3.65. The summed E-state index contributed by atoms with van der Waals surface area (Å²) < 4.78 is 0. The van der Waals surface area contributed by atoms with Crippen molar-refractivity contribution < 1.29 is 4.79 Å². The molecule has 0 aromatic heterocycles. The highest BCUT2D eigenvalue weighted by Gasteiger charge is 2.41. The molecule has 0 radical (unpaired) electrons. The van der Waals surface area contributed by atoms with E-state index in [1.807, 2.05) is 12.2 Å². The van der Waals surface area contributed by atoms with E-state index in [9.17, 15) is 4.79 Å². The van der Waals surface area contributed by atoms with Gasteiger partial charge in [-0.3, -0.25) is 4.79 Å². The van der Waals surface area contributed by atoms with Gasteiger partial charge in [0.1, 0.15) is 8.07 Å². The van der Waals surface area contributed by atoms with Crippen LogP contribution in [-0.4, -0.2) is 33.7 Å². The van der Waals surface area contributed by atoms with Gasteiger partial charge in [-0.15, -0.1) is 0 Å². The summed E-state index contributed by atoms with van der Waals surface area (Å²) in [6.07, 6.45) is 6.46. The number of carbonyl (C=O) groups excluding carboxylic acids is 1. The van der Waals surface area contributed by atoms with Crippen molar-refractivity contribution in [2.75, 3.05) is 19.0 Å². The molecule has 0 fully saturated rings. The van der Waals surface area contributed by atoms with Gasteiger partial charge in [-0.25, -0.2) is 4.99 Å². The highest BCUT2D eigenvalue weighted by Crippen LogP contribution is 2.35. The Morgan fingerprint density at radius 3 is 2.68 bits per heavy atom. The molecular weight excluding hydrogens is 288 g/mol. The number of benzene rings is 1. The summed E-state index contributed by atoms with van der Waals surface area (Å²) in [5.74, 6) is 0.0935. The van der Waals surface area contributed by atoms with E-state index in [2.05, 4.69) is 50.7 Å². The lowest BCUT2D eigenvalue weighted by Gasteiger charge is -2.36. The van der Waals surface area contributed by atoms with Crippen molar-refractivity contribution >= 4 is 36.1 Å². The SMILES string of the molecule is CCC[Si]1(C)C2=CC(=O)C=CC2=Nc2ccc(N(C)C)cc21. The first kappa shape index (κ1) is 15.0. The number of nitrogens with zero attached hydrogens (tertiary/aromatic N) is 2. The fourth-order valence-corrected chi connectivity index (χ4v) is 7.61. The van der Waals surface area contributed by atoms with Gasteiger partial charge in [-0.2, -0.15) is 0 Å². The number of fused-ring (bicyclic) bond motifs is 2. The molecule has 0 saturated carbocycles. The first-order valence-corrected chi connectivity index (χ1v) is 10.5. The van der Waals surface area contributed by atoms with Crippen LogP contribution in [0.5, 0.6) is 0 Å². The number of aliphatic imine (C=N–C) groups is 1. The Hall–Kier alpha value is -1.94. The zero-order valence-corrected chi connectivity index (χ0v) is 14.7. The van der Waals surface area contributed by atoms with E-state index >= 15 is 0 Å². The van der Waals surface area contributed by atoms with Crippen LogP contribution in [0, 0.1) is 0 Å².